The summed E-state index contributed by atoms with van der Waals surface area (Å²) >= 11 is 1.75. The van der Waals surface area contributed by atoms with E-state index in [9.17, 15) is 13.2 Å². The van der Waals surface area contributed by atoms with Gasteiger partial charge in [0.1, 0.15) is 0 Å². The van der Waals surface area contributed by atoms with Crippen LogP contribution in [-0.4, -0.2) is 52.4 Å². The Morgan fingerprint density at radius 3 is 2.52 bits per heavy atom. The van der Waals surface area contributed by atoms with E-state index in [1.807, 2.05) is 0 Å². The highest BCUT2D eigenvalue weighted by molar-refractivity contribution is 7.99. The highest BCUT2D eigenvalue weighted by Crippen LogP contribution is 2.30. The number of methoxy groups -OCH3 is 2. The Morgan fingerprint density at radius 1 is 1.30 bits per heavy atom. The second-order valence-corrected chi connectivity index (χ2v) is 8.03. The van der Waals surface area contributed by atoms with E-state index in [0.29, 0.717) is 5.69 Å². The van der Waals surface area contributed by atoms with Crippen molar-refractivity contribution in [2.24, 2.45) is 0 Å². The Labute approximate surface area is 140 Å². The van der Waals surface area contributed by atoms with Gasteiger partial charge in [-0.1, -0.05) is 0 Å². The Morgan fingerprint density at radius 2 is 2.00 bits per heavy atom. The average Bonchev–Trinajstić information content (AvgIpc) is 3.03. The molecule has 9 heteroatoms. The fourth-order valence-corrected chi connectivity index (χ4v) is 4.67. The maximum absolute atomic E-state index is 12.4. The molecule has 2 N–H and O–H groups in total. The summed E-state index contributed by atoms with van der Waals surface area (Å²) in [6.07, 6.45) is 0.207. The first-order valence-electron chi connectivity index (χ1n) is 6.98. The number of ether oxygens (including phenoxy) is 2. The average molecular weight is 360 g/mol. The van der Waals surface area contributed by atoms with Gasteiger partial charge in [0, 0.05) is 25.1 Å². The Kier molecular flexibility index (Phi) is 5.90. The second kappa shape index (κ2) is 7.52. The minimum absolute atomic E-state index is 0.129. The van der Waals surface area contributed by atoms with Gasteiger partial charge in [0.15, 0.2) is 0 Å². The van der Waals surface area contributed by atoms with Crippen molar-refractivity contribution in [3.63, 3.8) is 0 Å². The van der Waals surface area contributed by atoms with E-state index in [2.05, 4.69) is 14.8 Å². The predicted molar refractivity (Wildman–Crippen MR) is 89.3 cm³/mol. The normalized spacial score (nSPS) is 21.1. The molecule has 1 aromatic carbocycles. The molecule has 0 radical (unpaired) electrons. The largest absolute Gasteiger partial charge is 0.453 e. The Balaban J connectivity index is 2.03. The van der Waals surface area contributed by atoms with E-state index in [0.717, 1.165) is 17.9 Å². The molecule has 1 unspecified atom stereocenters. The van der Waals surface area contributed by atoms with Gasteiger partial charge in [-0.15, -0.1) is 0 Å². The number of benzene rings is 1. The number of carbonyl (C=O) groups is 1. The second-order valence-electron chi connectivity index (χ2n) is 5.16. The van der Waals surface area contributed by atoms with Crippen LogP contribution in [0.3, 0.4) is 0 Å². The van der Waals surface area contributed by atoms with Gasteiger partial charge >= 0.3 is 6.09 Å². The van der Waals surface area contributed by atoms with Crippen LogP contribution in [0.2, 0.25) is 0 Å². The molecule has 0 aromatic heterocycles. The lowest BCUT2D eigenvalue weighted by molar-refractivity contribution is 0.0179. The van der Waals surface area contributed by atoms with Crippen LogP contribution < -0.4 is 10.0 Å². The molecule has 1 aromatic rings. The minimum Gasteiger partial charge on any atom is -0.453 e. The zero-order valence-electron chi connectivity index (χ0n) is 13.0. The highest BCUT2D eigenvalue weighted by Gasteiger charge is 2.35. The van der Waals surface area contributed by atoms with Crippen molar-refractivity contribution in [2.75, 3.05) is 37.6 Å². The fourth-order valence-electron chi connectivity index (χ4n) is 2.16. The van der Waals surface area contributed by atoms with Crippen LogP contribution in [-0.2, 0) is 19.5 Å². The van der Waals surface area contributed by atoms with E-state index in [-0.39, 0.29) is 11.4 Å². The molecule has 1 saturated heterocycles. The minimum atomic E-state index is -3.63. The molecule has 1 amide bonds. The molecule has 1 aliphatic rings. The Bertz CT molecular complexity index is 640. The van der Waals surface area contributed by atoms with Crippen molar-refractivity contribution in [3.8, 4) is 0 Å². The molecule has 1 fully saturated rings. The summed E-state index contributed by atoms with van der Waals surface area (Å²) in [4.78, 5) is 11.2. The summed E-state index contributed by atoms with van der Waals surface area (Å²) in [5.41, 5.74) is 0.0146. The zero-order valence-corrected chi connectivity index (χ0v) is 14.6. The van der Waals surface area contributed by atoms with Crippen molar-refractivity contribution >= 4 is 33.6 Å². The number of hydrogen-bond donors (Lipinski definition) is 2. The van der Waals surface area contributed by atoms with E-state index in [1.54, 1.807) is 18.9 Å². The van der Waals surface area contributed by atoms with Crippen LogP contribution in [0.15, 0.2) is 29.2 Å². The third kappa shape index (κ3) is 4.60. The quantitative estimate of drug-likeness (QED) is 0.801. The number of hydrogen-bond acceptors (Lipinski definition) is 6. The summed E-state index contributed by atoms with van der Waals surface area (Å²) in [6.45, 7) is 0.237. The molecule has 7 nitrogen and oxygen atoms in total. The predicted octanol–water partition coefficient (Wildman–Crippen LogP) is 1.67. The molecule has 1 heterocycles. The lowest BCUT2D eigenvalue weighted by Gasteiger charge is -2.26. The lowest BCUT2D eigenvalue weighted by Crippen LogP contribution is -2.44. The van der Waals surface area contributed by atoms with Gasteiger partial charge in [-0.2, -0.15) is 11.8 Å². The standard InChI is InChI=1S/C14H20N2O5S2/c1-20-13(17)16-11-3-5-12(6-4-11)23(18,19)15-9-14(21-2)7-8-22-10-14/h3-6,15H,7-10H2,1-2H3,(H,16,17). The number of carbonyl (C=O) groups excluding carboxylic acids is 1. The monoisotopic (exact) mass is 360 g/mol. The molecule has 0 spiro atoms. The number of rotatable bonds is 6. The van der Waals surface area contributed by atoms with Gasteiger partial charge in [0.25, 0.3) is 0 Å². The molecule has 0 bridgehead atoms. The molecule has 2 rings (SSSR count). The Hall–Kier alpha value is -1.29. The molecular weight excluding hydrogens is 340 g/mol. The first kappa shape index (κ1) is 18.1. The van der Waals surface area contributed by atoms with E-state index < -0.39 is 21.7 Å². The van der Waals surface area contributed by atoms with Gasteiger partial charge in [0.05, 0.1) is 17.6 Å². The van der Waals surface area contributed by atoms with Crippen molar-refractivity contribution in [2.45, 2.75) is 16.9 Å². The van der Waals surface area contributed by atoms with Crippen LogP contribution in [0.5, 0.6) is 0 Å². The third-order valence-corrected chi connectivity index (χ3v) is 6.32. The van der Waals surface area contributed by atoms with Crippen molar-refractivity contribution in [3.05, 3.63) is 24.3 Å². The lowest BCUT2D eigenvalue weighted by atomic mass is 10.0. The maximum atomic E-state index is 12.4. The van der Waals surface area contributed by atoms with Crippen LogP contribution in [0.1, 0.15) is 6.42 Å². The maximum Gasteiger partial charge on any atom is 0.411 e. The van der Waals surface area contributed by atoms with Gasteiger partial charge < -0.3 is 9.47 Å². The molecule has 23 heavy (non-hydrogen) atoms. The van der Waals surface area contributed by atoms with Crippen LogP contribution in [0, 0.1) is 0 Å². The first-order chi connectivity index (χ1) is 10.9. The van der Waals surface area contributed by atoms with Crippen molar-refractivity contribution < 1.29 is 22.7 Å². The van der Waals surface area contributed by atoms with Crippen LogP contribution >= 0.6 is 11.8 Å². The van der Waals surface area contributed by atoms with E-state index in [1.165, 1.54) is 31.4 Å². The number of amides is 1. The summed E-state index contributed by atoms with van der Waals surface area (Å²) in [5, 5.41) is 2.46. The van der Waals surface area contributed by atoms with Gasteiger partial charge in [-0.3, -0.25) is 5.32 Å². The third-order valence-electron chi connectivity index (χ3n) is 3.68. The fraction of sp³-hybridized carbons (Fsp3) is 0.500. The van der Waals surface area contributed by atoms with E-state index in [4.69, 9.17) is 4.74 Å². The molecule has 0 saturated carbocycles. The summed E-state index contributed by atoms with van der Waals surface area (Å²) < 4.78 is 37.3. The number of nitrogens with one attached hydrogen (secondary N) is 2. The van der Waals surface area contributed by atoms with Gasteiger partial charge in [0.2, 0.25) is 10.0 Å². The van der Waals surface area contributed by atoms with E-state index >= 15 is 0 Å². The SMILES string of the molecule is COC(=O)Nc1ccc(S(=O)(=O)NCC2(OC)CCSC2)cc1. The topological polar surface area (TPSA) is 93.7 Å². The van der Waals surface area contributed by atoms with Crippen molar-refractivity contribution in [1.82, 2.24) is 4.72 Å². The summed E-state index contributed by atoms with van der Waals surface area (Å²) in [7, 11) is -0.770. The number of sulfonamides is 1. The highest BCUT2D eigenvalue weighted by atomic mass is 32.2. The molecule has 1 aliphatic heterocycles. The molecule has 1 atom stereocenters. The molecular formula is C14H20N2O5S2. The zero-order chi connectivity index (χ0) is 16.9. The number of thioether (sulfide) groups is 1. The van der Waals surface area contributed by atoms with Crippen molar-refractivity contribution in [1.29, 1.82) is 0 Å². The smallest absolute Gasteiger partial charge is 0.411 e. The van der Waals surface area contributed by atoms with Crippen LogP contribution in [0.25, 0.3) is 0 Å². The van der Waals surface area contributed by atoms with Gasteiger partial charge in [-0.05, 0) is 36.4 Å². The molecule has 0 aliphatic carbocycles. The first-order valence-corrected chi connectivity index (χ1v) is 9.62. The summed E-state index contributed by atoms with van der Waals surface area (Å²) in [6, 6.07) is 5.86. The van der Waals surface area contributed by atoms with Gasteiger partial charge in [-0.25, -0.2) is 17.9 Å². The summed E-state index contributed by atoms with van der Waals surface area (Å²) in [5.74, 6) is 1.73. The molecule has 128 valence electrons. The van der Waals surface area contributed by atoms with Crippen LogP contribution in [0.4, 0.5) is 10.5 Å². The number of anilines is 1.